The third kappa shape index (κ3) is 4.39. The lowest BCUT2D eigenvalue weighted by Crippen LogP contribution is -1.95. The van der Waals surface area contributed by atoms with Gasteiger partial charge >= 0.3 is 0 Å². The highest BCUT2D eigenvalue weighted by molar-refractivity contribution is 6.37. The summed E-state index contributed by atoms with van der Waals surface area (Å²) in [5, 5.41) is 1.59. The van der Waals surface area contributed by atoms with Crippen LogP contribution in [0.5, 0.6) is 5.75 Å². The molecule has 0 aliphatic rings. The molecule has 5 heteroatoms. The maximum Gasteiger partial charge on any atom is 0.124 e. The second-order valence-corrected chi connectivity index (χ2v) is 5.39. The minimum absolute atomic E-state index is 0.242. The van der Waals surface area contributed by atoms with Crippen molar-refractivity contribution in [1.82, 2.24) is 0 Å². The van der Waals surface area contributed by atoms with Crippen molar-refractivity contribution in [2.24, 2.45) is 0 Å². The van der Waals surface area contributed by atoms with Crippen LogP contribution in [0.2, 0.25) is 15.1 Å². The van der Waals surface area contributed by atoms with Crippen LogP contribution in [0.4, 0.5) is 0 Å². The highest BCUT2D eigenvalue weighted by Gasteiger charge is 2.13. The van der Waals surface area contributed by atoms with Gasteiger partial charge in [0.05, 0.1) is 12.1 Å². The monoisotopic (exact) mass is 358 g/mol. The molecule has 2 aromatic carbocycles. The van der Waals surface area contributed by atoms with Crippen molar-refractivity contribution in [3.8, 4) is 16.9 Å². The molecule has 0 spiro atoms. The lowest BCUT2D eigenvalue weighted by Gasteiger charge is -2.13. The number of rotatable bonds is 4. The fourth-order valence-corrected chi connectivity index (χ4v) is 2.60. The van der Waals surface area contributed by atoms with Crippen molar-refractivity contribution in [1.29, 1.82) is 0 Å². The van der Waals surface area contributed by atoms with Gasteiger partial charge in [-0.25, -0.2) is 0 Å². The van der Waals surface area contributed by atoms with Crippen molar-refractivity contribution in [3.63, 3.8) is 0 Å². The normalized spacial score (nSPS) is 9.73. The predicted molar refractivity (Wildman–Crippen MR) is 94.6 cm³/mol. The topological polar surface area (TPSA) is 26.3 Å². The molecule has 0 heterocycles. The number of carbonyl (C=O) groups excluding carboxylic acids is 1. The molecular formula is C17H17Cl3O2. The van der Waals surface area contributed by atoms with Gasteiger partial charge in [-0.05, 0) is 30.3 Å². The van der Waals surface area contributed by atoms with Crippen LogP contribution in [0.3, 0.4) is 0 Å². The molecule has 0 amide bonds. The summed E-state index contributed by atoms with van der Waals surface area (Å²) in [6, 6.07) is 8.62. The Bertz CT molecular complexity index is 655. The van der Waals surface area contributed by atoms with Crippen LogP contribution in [0.15, 0.2) is 30.3 Å². The zero-order chi connectivity index (χ0) is 16.7. The van der Waals surface area contributed by atoms with Gasteiger partial charge in [0.2, 0.25) is 0 Å². The van der Waals surface area contributed by atoms with Gasteiger partial charge in [-0.15, -0.1) is 0 Å². The van der Waals surface area contributed by atoms with Crippen LogP contribution >= 0.6 is 34.8 Å². The van der Waals surface area contributed by atoms with E-state index in [2.05, 4.69) is 0 Å². The van der Waals surface area contributed by atoms with E-state index in [4.69, 9.17) is 39.5 Å². The Hall–Kier alpha value is -1.22. The number of aldehydes is 1. The highest BCUT2D eigenvalue weighted by Crippen LogP contribution is 2.38. The molecule has 0 saturated carbocycles. The Labute approximate surface area is 146 Å². The number of benzene rings is 2. The molecule has 0 N–H and O–H groups in total. The molecule has 0 unspecified atom stereocenters. The first kappa shape index (κ1) is 18.8. The van der Waals surface area contributed by atoms with Gasteiger partial charge in [0.1, 0.15) is 12.0 Å². The summed E-state index contributed by atoms with van der Waals surface area (Å²) in [4.78, 5) is 10.8. The summed E-state index contributed by atoms with van der Waals surface area (Å²) in [5.41, 5.74) is 2.19. The number of carbonyl (C=O) groups is 1. The number of methoxy groups -OCH3 is 1. The van der Waals surface area contributed by atoms with E-state index in [0.717, 1.165) is 23.0 Å². The van der Waals surface area contributed by atoms with E-state index in [1.165, 1.54) is 7.11 Å². The van der Waals surface area contributed by atoms with Gasteiger partial charge in [-0.2, -0.15) is 0 Å². The van der Waals surface area contributed by atoms with Gasteiger partial charge in [-0.3, -0.25) is 0 Å². The Morgan fingerprint density at radius 1 is 1.00 bits per heavy atom. The fraction of sp³-hybridized carbons (Fsp3) is 0.235. The fourth-order valence-electron chi connectivity index (χ4n) is 1.95. The minimum Gasteiger partial charge on any atom is -0.496 e. The average molecular weight is 360 g/mol. The van der Waals surface area contributed by atoms with E-state index >= 15 is 0 Å². The van der Waals surface area contributed by atoms with Crippen LogP contribution in [0, 0.1) is 0 Å². The van der Waals surface area contributed by atoms with Gasteiger partial charge in [0, 0.05) is 33.2 Å². The molecule has 0 bridgehead atoms. The number of ether oxygens (including phenoxy) is 1. The van der Waals surface area contributed by atoms with Crippen LogP contribution < -0.4 is 4.74 Å². The van der Waals surface area contributed by atoms with E-state index in [9.17, 15) is 4.79 Å². The second-order valence-electron chi connectivity index (χ2n) is 4.14. The Kier molecular flexibility index (Phi) is 7.74. The quantitative estimate of drug-likeness (QED) is 0.617. The van der Waals surface area contributed by atoms with Crippen molar-refractivity contribution in [2.45, 2.75) is 20.3 Å². The van der Waals surface area contributed by atoms with Crippen molar-refractivity contribution in [3.05, 3.63) is 51.0 Å². The minimum atomic E-state index is 0.242. The molecule has 22 heavy (non-hydrogen) atoms. The van der Waals surface area contributed by atoms with E-state index in [1.807, 2.05) is 13.8 Å². The lowest BCUT2D eigenvalue weighted by atomic mass is 10.0. The maximum atomic E-state index is 10.8. The van der Waals surface area contributed by atoms with Crippen LogP contribution in [0.25, 0.3) is 11.1 Å². The molecule has 118 valence electrons. The molecule has 0 aliphatic carbocycles. The standard InChI is InChI=1S/C15H11Cl3O2.C2H6/c1-20-15-8-14(18)11(6-9(15)4-5-19)12-7-10(16)2-3-13(12)17;1-2/h2-3,5-8H,4H2,1H3;1-2H3. The second kappa shape index (κ2) is 9.04. The third-order valence-corrected chi connectivity index (χ3v) is 3.77. The molecule has 2 rings (SSSR count). The van der Waals surface area contributed by atoms with Gasteiger partial charge < -0.3 is 9.53 Å². The molecular weight excluding hydrogens is 343 g/mol. The van der Waals surface area contributed by atoms with Gasteiger partial charge in [-0.1, -0.05) is 48.7 Å². The summed E-state index contributed by atoms with van der Waals surface area (Å²) < 4.78 is 5.22. The first-order valence-corrected chi connectivity index (χ1v) is 7.95. The summed E-state index contributed by atoms with van der Waals surface area (Å²) in [6.45, 7) is 4.00. The van der Waals surface area contributed by atoms with Crippen molar-refractivity contribution in [2.75, 3.05) is 7.11 Å². The highest BCUT2D eigenvalue weighted by atomic mass is 35.5. The van der Waals surface area contributed by atoms with E-state index in [1.54, 1.807) is 30.3 Å². The number of hydrogen-bond acceptors (Lipinski definition) is 2. The van der Waals surface area contributed by atoms with Gasteiger partial charge in [0.15, 0.2) is 0 Å². The summed E-state index contributed by atoms with van der Waals surface area (Å²) in [6.07, 6.45) is 1.06. The molecule has 0 radical (unpaired) electrons. The smallest absolute Gasteiger partial charge is 0.124 e. The molecule has 0 aromatic heterocycles. The number of hydrogen-bond donors (Lipinski definition) is 0. The summed E-state index contributed by atoms with van der Waals surface area (Å²) in [5.74, 6) is 0.573. The van der Waals surface area contributed by atoms with Crippen LogP contribution in [-0.2, 0) is 11.2 Å². The lowest BCUT2D eigenvalue weighted by molar-refractivity contribution is -0.107. The Morgan fingerprint density at radius 2 is 1.64 bits per heavy atom. The molecule has 2 nitrogen and oxygen atoms in total. The SMILES string of the molecule is CC.COc1cc(Cl)c(-c2cc(Cl)ccc2Cl)cc1CC=O. The zero-order valence-electron chi connectivity index (χ0n) is 12.6. The molecule has 2 aromatic rings. The van der Waals surface area contributed by atoms with Gasteiger partial charge in [0.25, 0.3) is 0 Å². The molecule has 0 fully saturated rings. The van der Waals surface area contributed by atoms with Crippen LogP contribution in [-0.4, -0.2) is 13.4 Å². The predicted octanol–water partition coefficient (Wildman–Crippen LogP) is 6.09. The average Bonchev–Trinajstić information content (AvgIpc) is 2.53. The first-order chi connectivity index (χ1) is 10.6. The zero-order valence-corrected chi connectivity index (χ0v) is 14.9. The van der Waals surface area contributed by atoms with E-state index in [-0.39, 0.29) is 6.42 Å². The Balaban J connectivity index is 0.00000116. The Morgan fingerprint density at radius 3 is 2.23 bits per heavy atom. The van der Waals surface area contributed by atoms with E-state index in [0.29, 0.717) is 20.8 Å². The maximum absolute atomic E-state index is 10.8. The van der Waals surface area contributed by atoms with E-state index < -0.39 is 0 Å². The molecule has 0 atom stereocenters. The number of halogens is 3. The first-order valence-electron chi connectivity index (χ1n) is 6.82. The van der Waals surface area contributed by atoms with Crippen molar-refractivity contribution < 1.29 is 9.53 Å². The third-order valence-electron chi connectivity index (χ3n) is 2.89. The molecule has 0 saturated heterocycles. The summed E-state index contributed by atoms with van der Waals surface area (Å²) >= 11 is 18.5. The van der Waals surface area contributed by atoms with Crippen molar-refractivity contribution >= 4 is 41.1 Å². The van der Waals surface area contributed by atoms with Crippen LogP contribution in [0.1, 0.15) is 19.4 Å². The largest absolute Gasteiger partial charge is 0.496 e. The summed E-state index contributed by atoms with van der Waals surface area (Å²) in [7, 11) is 1.53. The molecule has 0 aliphatic heterocycles.